The van der Waals surface area contributed by atoms with Crippen LogP contribution in [0.4, 0.5) is 0 Å². The second-order valence-electron chi connectivity index (χ2n) is 10.4. The number of carbonyl (C=O) groups is 2. The molecule has 0 aliphatic carbocycles. The normalized spacial score (nSPS) is 40.8. The van der Waals surface area contributed by atoms with Crippen LogP contribution in [-0.2, 0) is 33.2 Å². The van der Waals surface area contributed by atoms with Crippen molar-refractivity contribution < 1.29 is 38.0 Å². The quantitative estimate of drug-likeness (QED) is 0.331. The van der Waals surface area contributed by atoms with E-state index in [1.54, 1.807) is 12.1 Å². The summed E-state index contributed by atoms with van der Waals surface area (Å²) in [7, 11) is 0. The number of aldehydes is 1. The standard InChI is InChI=1S/C27H31BrO8/c1-15(28)13-18(32-26(30)16-5-3-2-4-6-16)9-11-27-14-20-22(35-27)23-24(34-20)25(36-27)21-19(33-23)8-7-17(31-21)10-12-29/h2-6,12,17-25H,1,7-11,13-14H2/t17-,18-,19+,20-,21+,22?,23+,24-,25+,27+/m1/s1. The van der Waals surface area contributed by atoms with E-state index in [0.717, 1.165) is 23.6 Å². The summed E-state index contributed by atoms with van der Waals surface area (Å²) in [5.74, 6) is -1.23. The Labute approximate surface area is 218 Å². The molecule has 0 N–H and O–H groups in total. The highest BCUT2D eigenvalue weighted by molar-refractivity contribution is 9.11. The Bertz CT molecular complexity index is 1000. The average molecular weight is 563 g/mol. The fourth-order valence-electron chi connectivity index (χ4n) is 6.38. The van der Waals surface area contributed by atoms with Crippen molar-refractivity contribution in [1.29, 1.82) is 0 Å². The van der Waals surface area contributed by atoms with Crippen LogP contribution in [0.2, 0.25) is 0 Å². The third-order valence-corrected chi connectivity index (χ3v) is 8.29. The third-order valence-electron chi connectivity index (χ3n) is 7.97. The van der Waals surface area contributed by atoms with Crippen molar-refractivity contribution >= 4 is 28.2 Å². The molecule has 7 rings (SSSR count). The summed E-state index contributed by atoms with van der Waals surface area (Å²) in [6, 6.07) is 8.96. The summed E-state index contributed by atoms with van der Waals surface area (Å²) in [4.78, 5) is 23.8. The van der Waals surface area contributed by atoms with Gasteiger partial charge in [0.15, 0.2) is 5.79 Å². The number of hydrogen-bond donors (Lipinski definition) is 0. The highest BCUT2D eigenvalue weighted by atomic mass is 79.9. The van der Waals surface area contributed by atoms with Gasteiger partial charge in [0.1, 0.15) is 42.9 Å². The van der Waals surface area contributed by atoms with Crippen molar-refractivity contribution in [3.8, 4) is 0 Å². The van der Waals surface area contributed by atoms with Crippen molar-refractivity contribution in [1.82, 2.24) is 0 Å². The molecule has 36 heavy (non-hydrogen) atoms. The maximum Gasteiger partial charge on any atom is 0.338 e. The Kier molecular flexibility index (Phi) is 6.81. The Morgan fingerprint density at radius 3 is 2.58 bits per heavy atom. The van der Waals surface area contributed by atoms with Gasteiger partial charge >= 0.3 is 5.97 Å². The minimum Gasteiger partial charge on any atom is -0.458 e. The fraction of sp³-hybridized carbons (Fsp3) is 0.630. The van der Waals surface area contributed by atoms with Gasteiger partial charge in [0.25, 0.3) is 0 Å². The van der Waals surface area contributed by atoms with Gasteiger partial charge in [0, 0.05) is 25.7 Å². The maximum absolute atomic E-state index is 12.7. The lowest BCUT2D eigenvalue weighted by molar-refractivity contribution is -0.292. The van der Waals surface area contributed by atoms with E-state index in [1.807, 2.05) is 18.2 Å². The molecule has 10 atom stereocenters. The minimum absolute atomic E-state index is 0.0993. The van der Waals surface area contributed by atoms with E-state index in [4.69, 9.17) is 28.4 Å². The second kappa shape index (κ2) is 9.93. The summed E-state index contributed by atoms with van der Waals surface area (Å²) < 4.78 is 39.0. The van der Waals surface area contributed by atoms with Crippen LogP contribution >= 0.6 is 15.9 Å². The van der Waals surface area contributed by atoms with Gasteiger partial charge < -0.3 is 33.2 Å². The lowest BCUT2D eigenvalue weighted by Gasteiger charge is -2.47. The number of carbonyl (C=O) groups excluding carboxylic acids is 2. The van der Waals surface area contributed by atoms with E-state index in [-0.39, 0.29) is 54.8 Å². The molecule has 0 aromatic heterocycles. The molecule has 0 radical (unpaired) electrons. The van der Waals surface area contributed by atoms with E-state index in [2.05, 4.69) is 22.5 Å². The SMILES string of the molecule is C=C(Br)C[C@@H](CC[C@@]12C[C@H]3O[C@H]4[C@@H](O1)[C@H]1O[C@@H](CC=O)CC[C@@H]1O[C@H]4C3O2)OC(=O)c1ccccc1. The zero-order chi connectivity index (χ0) is 24.9. The third kappa shape index (κ3) is 4.59. The number of benzene rings is 1. The molecule has 6 bridgehead atoms. The average Bonchev–Trinajstić information content (AvgIpc) is 3.28. The number of fused-ring (bicyclic) bond motifs is 1. The van der Waals surface area contributed by atoms with Gasteiger partial charge in [-0.05, 0) is 35.9 Å². The van der Waals surface area contributed by atoms with Crippen LogP contribution in [0.15, 0.2) is 41.4 Å². The van der Waals surface area contributed by atoms with E-state index < -0.39 is 11.9 Å². The van der Waals surface area contributed by atoms with Gasteiger partial charge in [-0.1, -0.05) is 40.7 Å². The largest absolute Gasteiger partial charge is 0.458 e. The van der Waals surface area contributed by atoms with E-state index in [9.17, 15) is 9.59 Å². The zero-order valence-corrected chi connectivity index (χ0v) is 21.5. The lowest BCUT2D eigenvalue weighted by Crippen LogP contribution is -2.61. The molecule has 1 aromatic rings. The van der Waals surface area contributed by atoms with Crippen LogP contribution in [0.1, 0.15) is 55.3 Å². The Morgan fingerprint density at radius 2 is 1.81 bits per heavy atom. The van der Waals surface area contributed by atoms with Crippen molar-refractivity contribution in [2.45, 2.75) is 106 Å². The Balaban J connectivity index is 1.18. The molecule has 0 spiro atoms. The van der Waals surface area contributed by atoms with Crippen LogP contribution in [0.3, 0.4) is 0 Å². The number of hydrogen-bond acceptors (Lipinski definition) is 8. The first-order valence-electron chi connectivity index (χ1n) is 12.8. The highest BCUT2D eigenvalue weighted by Gasteiger charge is 2.68. The molecule has 6 saturated heterocycles. The summed E-state index contributed by atoms with van der Waals surface area (Å²) in [5, 5.41) is 0. The first kappa shape index (κ1) is 24.7. The second-order valence-corrected chi connectivity index (χ2v) is 11.5. The van der Waals surface area contributed by atoms with Gasteiger partial charge in [-0.15, -0.1) is 0 Å². The van der Waals surface area contributed by atoms with Crippen molar-refractivity contribution in [2.75, 3.05) is 0 Å². The van der Waals surface area contributed by atoms with Gasteiger partial charge in [-0.25, -0.2) is 4.79 Å². The summed E-state index contributed by atoms with van der Waals surface area (Å²) in [6.45, 7) is 3.94. The molecule has 0 amide bonds. The molecule has 9 heteroatoms. The molecule has 6 aliphatic rings. The molecule has 1 aromatic carbocycles. The fourth-order valence-corrected chi connectivity index (χ4v) is 6.74. The van der Waals surface area contributed by atoms with Crippen LogP contribution in [0.5, 0.6) is 0 Å². The van der Waals surface area contributed by atoms with Gasteiger partial charge in [0.05, 0.1) is 23.9 Å². The van der Waals surface area contributed by atoms with E-state index in [0.29, 0.717) is 37.7 Å². The van der Waals surface area contributed by atoms with Crippen molar-refractivity contribution in [3.05, 3.63) is 47.0 Å². The lowest BCUT2D eigenvalue weighted by atomic mass is 9.87. The molecule has 6 heterocycles. The molecule has 194 valence electrons. The van der Waals surface area contributed by atoms with Crippen LogP contribution in [0, 0.1) is 0 Å². The predicted molar refractivity (Wildman–Crippen MR) is 131 cm³/mol. The summed E-state index contributed by atoms with van der Waals surface area (Å²) >= 11 is 3.42. The molecular formula is C27H31BrO8. The highest BCUT2D eigenvalue weighted by Crippen LogP contribution is 2.54. The number of rotatable bonds is 9. The molecule has 6 aliphatic heterocycles. The first-order valence-corrected chi connectivity index (χ1v) is 13.6. The molecule has 1 unspecified atom stereocenters. The predicted octanol–water partition coefficient (Wildman–Crippen LogP) is 3.85. The van der Waals surface area contributed by atoms with E-state index in [1.165, 1.54) is 0 Å². The molecule has 8 nitrogen and oxygen atoms in total. The Morgan fingerprint density at radius 1 is 1.06 bits per heavy atom. The zero-order valence-electron chi connectivity index (χ0n) is 20.0. The van der Waals surface area contributed by atoms with Crippen molar-refractivity contribution in [3.63, 3.8) is 0 Å². The van der Waals surface area contributed by atoms with Gasteiger partial charge in [0.2, 0.25) is 0 Å². The number of ether oxygens (including phenoxy) is 6. The van der Waals surface area contributed by atoms with Crippen molar-refractivity contribution in [2.24, 2.45) is 0 Å². The van der Waals surface area contributed by atoms with E-state index >= 15 is 0 Å². The molecule has 0 saturated carbocycles. The number of esters is 1. The minimum atomic E-state index is -0.867. The Hall–Kier alpha value is -1.62. The summed E-state index contributed by atoms with van der Waals surface area (Å²) in [5.41, 5.74) is 0.509. The monoisotopic (exact) mass is 562 g/mol. The van der Waals surface area contributed by atoms with Gasteiger partial charge in [-0.2, -0.15) is 0 Å². The molecular weight excluding hydrogens is 532 g/mol. The van der Waals surface area contributed by atoms with Crippen LogP contribution < -0.4 is 0 Å². The van der Waals surface area contributed by atoms with Crippen LogP contribution in [0.25, 0.3) is 0 Å². The number of halogens is 1. The topological polar surface area (TPSA) is 89.5 Å². The summed E-state index contributed by atoms with van der Waals surface area (Å²) in [6.07, 6.45) is 3.01. The van der Waals surface area contributed by atoms with Crippen LogP contribution in [-0.4, -0.2) is 73.0 Å². The maximum atomic E-state index is 12.7. The molecule has 6 fully saturated rings. The van der Waals surface area contributed by atoms with Gasteiger partial charge in [-0.3, -0.25) is 0 Å². The first-order chi connectivity index (χ1) is 17.4. The smallest absolute Gasteiger partial charge is 0.338 e.